The second kappa shape index (κ2) is 5.88. The number of hydrogen-bond donors (Lipinski definition) is 0. The van der Waals surface area contributed by atoms with Gasteiger partial charge in [-0.15, -0.1) is 0 Å². The summed E-state index contributed by atoms with van der Waals surface area (Å²) in [6.45, 7) is 10.9. The van der Waals surface area contributed by atoms with E-state index >= 15 is 0 Å². The van der Waals surface area contributed by atoms with Gasteiger partial charge in [0.05, 0.1) is 0 Å². The lowest BCUT2D eigenvalue weighted by Gasteiger charge is -2.23. The molecule has 0 saturated heterocycles. The van der Waals surface area contributed by atoms with E-state index in [0.717, 1.165) is 0 Å². The predicted octanol–water partition coefficient (Wildman–Crippen LogP) is 4.88. The number of hydrogen-bond acceptors (Lipinski definition) is 1. The van der Waals surface area contributed by atoms with Crippen LogP contribution in [-0.4, -0.2) is 5.24 Å². The van der Waals surface area contributed by atoms with Crippen molar-refractivity contribution in [2.75, 3.05) is 0 Å². The molecule has 1 unspecified atom stereocenters. The molecule has 0 heterocycles. The van der Waals surface area contributed by atoms with Crippen LogP contribution in [0.25, 0.3) is 0 Å². The zero-order valence-corrected chi connectivity index (χ0v) is 12.7. The molecule has 18 heavy (non-hydrogen) atoms. The van der Waals surface area contributed by atoms with Crippen molar-refractivity contribution in [1.29, 1.82) is 0 Å². The molecule has 1 aromatic rings. The second-order valence-electron chi connectivity index (χ2n) is 6.28. The molecule has 0 fully saturated rings. The summed E-state index contributed by atoms with van der Waals surface area (Å²) in [4.78, 5) is 11.1. The summed E-state index contributed by atoms with van der Waals surface area (Å²) in [6.07, 6.45) is 0.411. The quantitative estimate of drug-likeness (QED) is 0.710. The van der Waals surface area contributed by atoms with E-state index in [0.29, 0.717) is 12.3 Å². The largest absolute Gasteiger partial charge is 0.281 e. The lowest BCUT2D eigenvalue weighted by Crippen LogP contribution is -2.13. The van der Waals surface area contributed by atoms with Crippen LogP contribution in [0.1, 0.15) is 58.1 Å². The topological polar surface area (TPSA) is 17.1 Å². The van der Waals surface area contributed by atoms with Gasteiger partial charge in [-0.2, -0.15) is 0 Å². The van der Waals surface area contributed by atoms with E-state index < -0.39 is 0 Å². The van der Waals surface area contributed by atoms with Crippen LogP contribution in [0.3, 0.4) is 0 Å². The van der Waals surface area contributed by atoms with Gasteiger partial charge in [0.1, 0.15) is 0 Å². The molecule has 1 nitrogen and oxygen atoms in total. The summed E-state index contributed by atoms with van der Waals surface area (Å²) in [5.41, 5.74) is 2.67. The Bertz CT molecular complexity index is 398. The maximum absolute atomic E-state index is 11.1. The normalized spacial score (nSPS) is 13.7. The fraction of sp³-hybridized carbons (Fsp3) is 0.562. The zero-order chi connectivity index (χ0) is 13.9. The number of carbonyl (C=O) groups is 1. The predicted molar refractivity (Wildman–Crippen MR) is 78.2 cm³/mol. The number of halogens is 1. The van der Waals surface area contributed by atoms with Gasteiger partial charge >= 0.3 is 0 Å². The van der Waals surface area contributed by atoms with Gasteiger partial charge in [-0.3, -0.25) is 4.79 Å². The third-order valence-electron chi connectivity index (χ3n) is 3.39. The van der Waals surface area contributed by atoms with E-state index in [1.165, 1.54) is 11.1 Å². The molecule has 2 heteroatoms. The molecule has 0 saturated carbocycles. The first-order valence-corrected chi connectivity index (χ1v) is 6.88. The van der Waals surface area contributed by atoms with Crippen molar-refractivity contribution in [2.24, 2.45) is 5.92 Å². The summed E-state index contributed by atoms with van der Waals surface area (Å²) < 4.78 is 0. The standard InChI is InChI=1S/C16H23ClO/c1-11(2)14(10-15(17)18)12-6-8-13(9-7-12)16(3,4)5/h6-9,11,14H,10H2,1-5H3. The Morgan fingerprint density at radius 2 is 1.67 bits per heavy atom. The molecule has 1 rings (SSSR count). The van der Waals surface area contributed by atoms with Crippen molar-refractivity contribution in [3.05, 3.63) is 35.4 Å². The second-order valence-corrected chi connectivity index (χ2v) is 6.70. The third kappa shape index (κ3) is 4.13. The average molecular weight is 267 g/mol. The van der Waals surface area contributed by atoms with E-state index in [2.05, 4.69) is 58.9 Å². The maximum Gasteiger partial charge on any atom is 0.222 e. The Morgan fingerprint density at radius 3 is 2.00 bits per heavy atom. The molecule has 0 aliphatic carbocycles. The molecule has 0 aromatic heterocycles. The summed E-state index contributed by atoms with van der Waals surface area (Å²) in [6, 6.07) is 8.57. The van der Waals surface area contributed by atoms with Gasteiger partial charge in [0, 0.05) is 6.42 Å². The van der Waals surface area contributed by atoms with Gasteiger partial charge in [0.25, 0.3) is 0 Å². The zero-order valence-electron chi connectivity index (χ0n) is 12.0. The first kappa shape index (κ1) is 15.2. The lowest BCUT2D eigenvalue weighted by atomic mass is 9.82. The lowest BCUT2D eigenvalue weighted by molar-refractivity contribution is -0.112. The Hall–Kier alpha value is -0.820. The van der Waals surface area contributed by atoms with Crippen LogP contribution >= 0.6 is 11.6 Å². The summed E-state index contributed by atoms with van der Waals surface area (Å²) >= 11 is 5.53. The van der Waals surface area contributed by atoms with Crippen LogP contribution in [0.2, 0.25) is 0 Å². The van der Waals surface area contributed by atoms with Crippen LogP contribution in [0.15, 0.2) is 24.3 Å². The van der Waals surface area contributed by atoms with Crippen molar-refractivity contribution < 1.29 is 4.79 Å². The van der Waals surface area contributed by atoms with Gasteiger partial charge in [-0.1, -0.05) is 58.9 Å². The minimum Gasteiger partial charge on any atom is -0.281 e. The van der Waals surface area contributed by atoms with E-state index in [4.69, 9.17) is 11.6 Å². The van der Waals surface area contributed by atoms with Crippen LogP contribution in [0, 0.1) is 5.92 Å². The molecule has 0 spiro atoms. The number of carbonyl (C=O) groups excluding carboxylic acids is 1. The highest BCUT2D eigenvalue weighted by molar-refractivity contribution is 6.63. The minimum absolute atomic E-state index is 0.161. The van der Waals surface area contributed by atoms with Crippen molar-refractivity contribution in [3.8, 4) is 0 Å². The highest BCUT2D eigenvalue weighted by Crippen LogP contribution is 2.30. The Kier molecular flexibility index (Phi) is 4.98. The first-order chi connectivity index (χ1) is 8.21. The van der Waals surface area contributed by atoms with E-state index in [1.54, 1.807) is 0 Å². The van der Waals surface area contributed by atoms with Gasteiger partial charge in [0.2, 0.25) is 5.24 Å². The molecule has 0 amide bonds. The minimum atomic E-state index is -0.256. The van der Waals surface area contributed by atoms with Gasteiger partial charge in [0.15, 0.2) is 0 Å². The molecule has 0 N–H and O–H groups in total. The van der Waals surface area contributed by atoms with Crippen molar-refractivity contribution in [3.63, 3.8) is 0 Å². The highest BCUT2D eigenvalue weighted by Gasteiger charge is 2.20. The Balaban J connectivity index is 2.97. The fourth-order valence-electron chi connectivity index (χ4n) is 2.14. The van der Waals surface area contributed by atoms with Crippen molar-refractivity contribution in [2.45, 2.75) is 52.4 Å². The van der Waals surface area contributed by atoms with Gasteiger partial charge in [-0.05, 0) is 40.0 Å². The summed E-state index contributed by atoms with van der Waals surface area (Å²) in [5.74, 6) is 0.622. The van der Waals surface area contributed by atoms with Crippen molar-refractivity contribution >= 4 is 16.8 Å². The average Bonchev–Trinajstić information content (AvgIpc) is 2.24. The Morgan fingerprint density at radius 1 is 1.17 bits per heavy atom. The molecular weight excluding hydrogens is 244 g/mol. The molecule has 0 aliphatic heterocycles. The maximum atomic E-state index is 11.1. The molecule has 0 bridgehead atoms. The first-order valence-electron chi connectivity index (χ1n) is 6.50. The molecule has 100 valence electrons. The molecule has 1 aromatic carbocycles. The monoisotopic (exact) mass is 266 g/mol. The van der Waals surface area contributed by atoms with E-state index in [-0.39, 0.29) is 16.6 Å². The fourth-order valence-corrected chi connectivity index (χ4v) is 2.31. The molecular formula is C16H23ClO. The SMILES string of the molecule is CC(C)C(CC(=O)Cl)c1ccc(C(C)(C)C)cc1. The van der Waals surface area contributed by atoms with Crippen LogP contribution in [0.5, 0.6) is 0 Å². The number of rotatable bonds is 4. The highest BCUT2D eigenvalue weighted by atomic mass is 35.5. The van der Waals surface area contributed by atoms with Gasteiger partial charge < -0.3 is 0 Å². The Labute approximate surface area is 116 Å². The molecule has 1 atom stereocenters. The summed E-state index contributed by atoms with van der Waals surface area (Å²) in [7, 11) is 0. The molecule has 0 aliphatic rings. The molecule has 0 radical (unpaired) electrons. The van der Waals surface area contributed by atoms with Crippen LogP contribution < -0.4 is 0 Å². The third-order valence-corrected chi connectivity index (χ3v) is 3.54. The number of benzene rings is 1. The summed E-state index contributed by atoms with van der Waals surface area (Å²) in [5, 5.41) is -0.256. The van der Waals surface area contributed by atoms with Crippen LogP contribution in [0.4, 0.5) is 0 Å². The smallest absolute Gasteiger partial charge is 0.222 e. The van der Waals surface area contributed by atoms with E-state index in [1.807, 2.05) is 0 Å². The van der Waals surface area contributed by atoms with Crippen LogP contribution in [-0.2, 0) is 10.2 Å². The van der Waals surface area contributed by atoms with Gasteiger partial charge in [-0.25, -0.2) is 0 Å². The van der Waals surface area contributed by atoms with E-state index in [9.17, 15) is 4.79 Å². The van der Waals surface area contributed by atoms with Crippen molar-refractivity contribution in [1.82, 2.24) is 0 Å².